The first-order valence-electron chi connectivity index (χ1n) is 10.8. The molecule has 7 atom stereocenters. The number of aliphatic hydroxyl groups is 4. The minimum atomic E-state index is -1.54. The molecule has 2 aliphatic rings. The minimum absolute atomic E-state index is 0.277. The molecule has 13 heteroatoms. The number of H-pyrrole nitrogens is 1. The molecule has 1 aromatic carbocycles. The van der Waals surface area contributed by atoms with E-state index >= 15 is 0 Å². The number of hydrogen-bond donors (Lipinski definition) is 6. The summed E-state index contributed by atoms with van der Waals surface area (Å²) in [5, 5.41) is 43.4. The highest BCUT2D eigenvalue weighted by Gasteiger charge is 2.46. The summed E-state index contributed by atoms with van der Waals surface area (Å²) in [5.41, 5.74) is -0.949. The lowest BCUT2D eigenvalue weighted by Gasteiger charge is -2.32. The second-order valence-electron chi connectivity index (χ2n) is 8.07. The first kappa shape index (κ1) is 24.8. The van der Waals surface area contributed by atoms with Crippen LogP contribution in [0.1, 0.15) is 6.23 Å². The number of aromatic amines is 1. The second kappa shape index (κ2) is 10.5. The van der Waals surface area contributed by atoms with Gasteiger partial charge in [-0.15, -0.1) is 0 Å². The molecule has 13 nitrogen and oxygen atoms in total. The Labute approximate surface area is 197 Å². The van der Waals surface area contributed by atoms with Crippen molar-refractivity contribution in [1.82, 2.24) is 9.55 Å². The zero-order valence-corrected chi connectivity index (χ0v) is 18.3. The smallest absolute Gasteiger partial charge is 0.330 e. The first-order chi connectivity index (χ1) is 16.8. The summed E-state index contributed by atoms with van der Waals surface area (Å²) in [6, 6.07) is 9.61. The van der Waals surface area contributed by atoms with Crippen molar-refractivity contribution in [3.8, 4) is 0 Å². The fraction of sp³-hybridized carbons (Fsp3) is 0.409. The second-order valence-corrected chi connectivity index (χ2v) is 8.07. The van der Waals surface area contributed by atoms with Crippen molar-refractivity contribution in [2.75, 3.05) is 18.5 Å². The van der Waals surface area contributed by atoms with E-state index in [1.165, 1.54) is 0 Å². The average molecular weight is 491 g/mol. The average Bonchev–Trinajstić information content (AvgIpc) is 3.15. The topological polar surface area (TPSA) is 193 Å². The fourth-order valence-electron chi connectivity index (χ4n) is 3.85. The Bertz CT molecular complexity index is 1180. The number of ether oxygens (including phenoxy) is 3. The van der Waals surface area contributed by atoms with E-state index in [9.17, 15) is 34.8 Å². The number of carbonyl (C=O) groups is 1. The van der Waals surface area contributed by atoms with Crippen LogP contribution in [0.4, 0.5) is 5.69 Å². The molecule has 1 amide bonds. The van der Waals surface area contributed by atoms with Crippen molar-refractivity contribution >= 4 is 11.6 Å². The predicted molar refractivity (Wildman–Crippen MR) is 118 cm³/mol. The van der Waals surface area contributed by atoms with Crippen LogP contribution in [0.2, 0.25) is 0 Å². The van der Waals surface area contributed by atoms with Crippen LogP contribution in [0.25, 0.3) is 0 Å². The van der Waals surface area contributed by atoms with E-state index in [1.54, 1.807) is 30.3 Å². The summed E-state index contributed by atoms with van der Waals surface area (Å²) in [7, 11) is 0. The number of para-hydroxylation sites is 1. The molecule has 3 heterocycles. The third-order valence-electron chi connectivity index (χ3n) is 5.73. The number of hydrogen-bond acceptors (Lipinski definition) is 10. The maximum atomic E-state index is 12.5. The van der Waals surface area contributed by atoms with E-state index < -0.39 is 66.6 Å². The summed E-state index contributed by atoms with van der Waals surface area (Å²) >= 11 is 0. The zero-order valence-electron chi connectivity index (χ0n) is 18.3. The van der Waals surface area contributed by atoms with Crippen LogP contribution in [0.15, 0.2) is 64.0 Å². The Kier molecular flexibility index (Phi) is 7.45. The molecular weight excluding hydrogens is 466 g/mol. The maximum absolute atomic E-state index is 12.5. The quantitative estimate of drug-likeness (QED) is 0.253. The predicted octanol–water partition coefficient (Wildman–Crippen LogP) is -1.98. The summed E-state index contributed by atoms with van der Waals surface area (Å²) in [4.78, 5) is 38.0. The Balaban J connectivity index is 1.43. The molecule has 2 aliphatic heterocycles. The van der Waals surface area contributed by atoms with Gasteiger partial charge in [-0.3, -0.25) is 19.1 Å². The van der Waals surface area contributed by atoms with Gasteiger partial charge in [0.15, 0.2) is 12.0 Å². The van der Waals surface area contributed by atoms with Gasteiger partial charge in [-0.1, -0.05) is 18.2 Å². The zero-order chi connectivity index (χ0) is 25.1. The third-order valence-corrected chi connectivity index (χ3v) is 5.73. The molecule has 0 aliphatic carbocycles. The van der Waals surface area contributed by atoms with Crippen LogP contribution in [-0.4, -0.2) is 79.8 Å². The van der Waals surface area contributed by atoms with Crippen molar-refractivity contribution in [2.45, 2.75) is 36.9 Å². The number of anilines is 1. The van der Waals surface area contributed by atoms with Gasteiger partial charge in [0.05, 0.1) is 19.3 Å². The summed E-state index contributed by atoms with van der Waals surface area (Å²) in [6.07, 6.45) is -5.79. The molecule has 0 bridgehead atoms. The van der Waals surface area contributed by atoms with E-state index in [2.05, 4.69) is 10.3 Å². The highest BCUT2D eigenvalue weighted by Crippen LogP contribution is 2.33. The summed E-state index contributed by atoms with van der Waals surface area (Å²) in [6.45, 7) is -0.857. The minimum Gasteiger partial charge on any atom is -0.456 e. The molecule has 4 rings (SSSR count). The van der Waals surface area contributed by atoms with Gasteiger partial charge in [0.25, 0.3) is 11.5 Å². The Hall–Kier alpha value is -3.33. The molecule has 35 heavy (non-hydrogen) atoms. The van der Waals surface area contributed by atoms with Crippen molar-refractivity contribution < 1.29 is 39.4 Å². The van der Waals surface area contributed by atoms with E-state index in [0.29, 0.717) is 5.69 Å². The number of aliphatic hydroxyl groups excluding tert-OH is 4. The first-order valence-corrected chi connectivity index (χ1v) is 10.8. The van der Waals surface area contributed by atoms with Gasteiger partial charge in [0.2, 0.25) is 6.29 Å². The molecule has 1 fully saturated rings. The van der Waals surface area contributed by atoms with Gasteiger partial charge in [-0.05, 0) is 18.2 Å². The summed E-state index contributed by atoms with van der Waals surface area (Å²) in [5.74, 6) is -1.84. The van der Waals surface area contributed by atoms with Gasteiger partial charge in [-0.25, -0.2) is 4.79 Å². The van der Waals surface area contributed by atoms with Gasteiger partial charge < -0.3 is 40.0 Å². The van der Waals surface area contributed by atoms with E-state index in [-0.39, 0.29) is 12.4 Å². The number of amides is 1. The van der Waals surface area contributed by atoms with Crippen molar-refractivity contribution in [3.63, 3.8) is 0 Å². The Morgan fingerprint density at radius 3 is 2.54 bits per heavy atom. The van der Waals surface area contributed by atoms with E-state index in [1.807, 2.05) is 0 Å². The lowest BCUT2D eigenvalue weighted by atomic mass is 9.99. The molecule has 0 saturated carbocycles. The maximum Gasteiger partial charge on any atom is 0.330 e. The molecule has 0 unspecified atom stereocenters. The molecule has 6 N–H and O–H groups in total. The van der Waals surface area contributed by atoms with Crippen LogP contribution in [0, 0.1) is 5.92 Å². The van der Waals surface area contributed by atoms with Crippen LogP contribution in [0.5, 0.6) is 0 Å². The highest BCUT2D eigenvalue weighted by molar-refractivity contribution is 6.02. The van der Waals surface area contributed by atoms with Crippen molar-refractivity contribution in [2.24, 2.45) is 5.92 Å². The molecular formula is C22H25N3O10. The molecule has 0 radical (unpaired) electrons. The van der Waals surface area contributed by atoms with E-state index in [4.69, 9.17) is 14.2 Å². The van der Waals surface area contributed by atoms with Crippen LogP contribution >= 0.6 is 0 Å². The highest BCUT2D eigenvalue weighted by atomic mass is 16.7. The van der Waals surface area contributed by atoms with Gasteiger partial charge in [0, 0.05) is 23.9 Å². The normalized spacial score (nSPS) is 30.4. The van der Waals surface area contributed by atoms with Crippen LogP contribution in [0.3, 0.4) is 0 Å². The van der Waals surface area contributed by atoms with Crippen molar-refractivity contribution in [3.05, 3.63) is 75.3 Å². The number of nitrogens with zero attached hydrogens (tertiary/aromatic N) is 1. The summed E-state index contributed by atoms with van der Waals surface area (Å²) < 4.78 is 17.7. The molecule has 2 aromatic rings. The van der Waals surface area contributed by atoms with Crippen LogP contribution in [-0.2, 0) is 19.0 Å². The molecule has 1 aromatic heterocycles. The lowest BCUT2D eigenvalue weighted by Crippen LogP contribution is -2.46. The van der Waals surface area contributed by atoms with Gasteiger partial charge >= 0.3 is 5.69 Å². The van der Waals surface area contributed by atoms with Crippen molar-refractivity contribution in [1.29, 1.82) is 0 Å². The Morgan fingerprint density at radius 2 is 1.86 bits per heavy atom. The van der Waals surface area contributed by atoms with Crippen LogP contribution < -0.4 is 16.6 Å². The number of rotatable bonds is 7. The monoisotopic (exact) mass is 491 g/mol. The standard InChI is InChI=1S/C22H25N3O10/c26-9-12-15(34-20(17(12)29)25-7-6-16(28)24-22(25)32)10-33-21-18(30)13(27)8-14(35-21)19(31)23-11-4-2-1-3-5-11/h1-8,12-13,15,17-18,20-21,26-27,29-30H,9-10H2,(H,23,31)(H,24,28,32)/t12-,13+,15-,17-,18+,20-,21+/m1/s1. The van der Waals surface area contributed by atoms with Gasteiger partial charge in [-0.2, -0.15) is 0 Å². The molecule has 0 spiro atoms. The number of aromatic nitrogens is 2. The van der Waals surface area contributed by atoms with Gasteiger partial charge in [0.1, 0.15) is 18.3 Å². The number of nitrogens with one attached hydrogen (secondary N) is 2. The SMILES string of the molecule is O=C(Nc1ccccc1)C1=C[C@H](O)[C@H](O)[C@@H](OC[C@H]2O[C@@H](n3ccc(=O)[nH]c3=O)[C@H](O)[C@@H]2CO)O1. The third kappa shape index (κ3) is 5.35. The number of benzene rings is 1. The largest absolute Gasteiger partial charge is 0.456 e. The Morgan fingerprint density at radius 1 is 1.11 bits per heavy atom. The fourth-order valence-corrected chi connectivity index (χ4v) is 3.85. The van der Waals surface area contributed by atoms with E-state index in [0.717, 1.165) is 22.9 Å². The lowest BCUT2D eigenvalue weighted by molar-refractivity contribution is -0.217. The molecule has 188 valence electrons. The number of carbonyl (C=O) groups excluding carboxylic acids is 1. The molecule has 1 saturated heterocycles.